The van der Waals surface area contributed by atoms with Crippen LogP contribution in [0.5, 0.6) is 0 Å². The number of anilines is 1. The van der Waals surface area contributed by atoms with E-state index in [0.717, 1.165) is 52.2 Å². The quantitative estimate of drug-likeness (QED) is 0.657. The van der Waals surface area contributed by atoms with Crippen molar-refractivity contribution in [1.29, 1.82) is 0 Å². The van der Waals surface area contributed by atoms with E-state index >= 15 is 0 Å². The van der Waals surface area contributed by atoms with E-state index in [1.54, 1.807) is 0 Å². The molecule has 1 aromatic heterocycles. The molecule has 3 atom stereocenters. The van der Waals surface area contributed by atoms with E-state index in [1.807, 2.05) is 6.08 Å². The molecule has 6 heteroatoms. The van der Waals surface area contributed by atoms with Crippen molar-refractivity contribution in [3.8, 4) is 0 Å². The highest BCUT2D eigenvalue weighted by Crippen LogP contribution is 2.45. The van der Waals surface area contributed by atoms with Gasteiger partial charge >= 0.3 is 0 Å². The number of nitrogens with zero attached hydrogens (tertiary/aromatic N) is 2. The molecule has 0 radical (unpaired) electrons. The second kappa shape index (κ2) is 4.84. The largest absolute Gasteiger partial charge is 0.343 e. The number of hydrogen-bond acceptors (Lipinski definition) is 4. The summed E-state index contributed by atoms with van der Waals surface area (Å²) in [6.07, 6.45) is 18.1. The van der Waals surface area contributed by atoms with Crippen molar-refractivity contribution in [2.24, 2.45) is 0 Å². The van der Waals surface area contributed by atoms with Crippen molar-refractivity contribution in [3.05, 3.63) is 63.7 Å². The first-order chi connectivity index (χ1) is 14.7. The highest BCUT2D eigenvalue weighted by molar-refractivity contribution is 6.29. The summed E-state index contributed by atoms with van der Waals surface area (Å²) in [7, 11) is 0. The molecule has 2 aliphatic carbocycles. The average molecular weight is 394 g/mol. The molecule has 6 nitrogen and oxygen atoms in total. The Bertz CT molecular complexity index is 1490. The van der Waals surface area contributed by atoms with Crippen LogP contribution in [0.15, 0.2) is 36.5 Å². The van der Waals surface area contributed by atoms with Crippen molar-refractivity contribution in [1.82, 2.24) is 15.2 Å². The van der Waals surface area contributed by atoms with Crippen LogP contribution in [0.3, 0.4) is 0 Å². The minimum absolute atomic E-state index is 0.0834. The molecule has 4 aliphatic heterocycles. The van der Waals surface area contributed by atoms with Gasteiger partial charge in [-0.15, -0.1) is 0 Å². The average Bonchev–Trinajstić information content (AvgIpc) is 3.46. The summed E-state index contributed by atoms with van der Waals surface area (Å²) in [6, 6.07) is 0.0834. The fourth-order valence-corrected chi connectivity index (χ4v) is 6.54. The lowest BCUT2D eigenvalue weighted by Crippen LogP contribution is -2.46. The SMILES string of the molecule is O=C1NC(=O)c2c1c1c3c4c2c2c(n4[C@@H]4CC[C@@H](N4)N3C3C=CC=CC=13)=CC=CC2. The normalized spacial score (nSPS) is 28.6. The summed E-state index contributed by atoms with van der Waals surface area (Å²) in [4.78, 5) is 28.6. The maximum Gasteiger partial charge on any atom is 0.259 e. The van der Waals surface area contributed by atoms with Gasteiger partial charge in [0.15, 0.2) is 0 Å². The number of benzene rings is 1. The first-order valence-electron chi connectivity index (χ1n) is 10.6. The Labute approximate surface area is 171 Å². The van der Waals surface area contributed by atoms with Gasteiger partial charge in [0.2, 0.25) is 0 Å². The monoisotopic (exact) mass is 394 g/mol. The second-order valence-corrected chi connectivity index (χ2v) is 8.84. The maximum atomic E-state index is 13.1. The Morgan fingerprint density at radius 2 is 1.87 bits per heavy atom. The molecular weight excluding hydrogens is 376 g/mol. The molecule has 1 saturated heterocycles. The minimum atomic E-state index is -0.265. The van der Waals surface area contributed by atoms with Gasteiger partial charge < -0.3 is 9.47 Å². The number of allylic oxidation sites excluding steroid dienone is 4. The molecule has 0 saturated carbocycles. The standard InChI is InChI=1S/C24H18N4O2/c29-23-19-17-11-5-1-3-7-13(11)27-15-9-10-16(25-15)28-14-8-4-2-6-12(14)18(22(28)21(17)27)20(19)24(30)26-23/h1-5,7-8,13,15-16,25H,6,9-10H2,(H,26,29,30)/t13?,15-,16+/m0/s1. The van der Waals surface area contributed by atoms with Gasteiger partial charge in [-0.2, -0.15) is 0 Å². The van der Waals surface area contributed by atoms with Crippen LogP contribution in [0.4, 0.5) is 5.69 Å². The summed E-state index contributed by atoms with van der Waals surface area (Å²) in [6.45, 7) is 0. The Morgan fingerprint density at radius 3 is 2.80 bits per heavy atom. The van der Waals surface area contributed by atoms with Gasteiger partial charge in [-0.25, -0.2) is 0 Å². The van der Waals surface area contributed by atoms with E-state index in [-0.39, 0.29) is 30.2 Å². The summed E-state index contributed by atoms with van der Waals surface area (Å²) in [5, 5.41) is 9.53. The number of rotatable bonds is 0. The number of nitrogens with one attached hydrogen (secondary N) is 2. The molecule has 2 aromatic rings. The zero-order valence-corrected chi connectivity index (χ0v) is 16.1. The van der Waals surface area contributed by atoms with Gasteiger partial charge in [-0.1, -0.05) is 36.5 Å². The lowest BCUT2D eigenvalue weighted by Gasteiger charge is -2.33. The molecule has 1 aromatic carbocycles. The molecule has 5 heterocycles. The lowest BCUT2D eigenvalue weighted by atomic mass is 9.94. The van der Waals surface area contributed by atoms with Crippen molar-refractivity contribution in [2.75, 3.05) is 4.90 Å². The first kappa shape index (κ1) is 15.5. The molecule has 8 rings (SSSR count). The number of carbonyl (C=O) groups excluding carboxylic acids is 2. The van der Waals surface area contributed by atoms with Crippen LogP contribution in [0.1, 0.15) is 45.3 Å². The highest BCUT2D eigenvalue weighted by Gasteiger charge is 2.47. The van der Waals surface area contributed by atoms with Gasteiger partial charge in [0, 0.05) is 16.0 Å². The Morgan fingerprint density at radius 1 is 1.00 bits per heavy atom. The fourth-order valence-electron chi connectivity index (χ4n) is 6.54. The highest BCUT2D eigenvalue weighted by atomic mass is 16.2. The van der Waals surface area contributed by atoms with E-state index in [0.29, 0.717) is 11.1 Å². The molecule has 0 spiro atoms. The van der Waals surface area contributed by atoms with Crippen LogP contribution >= 0.6 is 0 Å². The van der Waals surface area contributed by atoms with Crippen molar-refractivity contribution < 1.29 is 9.59 Å². The number of imide groups is 1. The number of amides is 2. The molecule has 1 unspecified atom stereocenters. The van der Waals surface area contributed by atoms with Crippen LogP contribution in [-0.2, 0) is 6.42 Å². The van der Waals surface area contributed by atoms with Gasteiger partial charge in [0.05, 0.1) is 40.7 Å². The molecule has 1 fully saturated rings. The number of aromatic nitrogens is 1. The minimum Gasteiger partial charge on any atom is -0.343 e. The van der Waals surface area contributed by atoms with E-state index < -0.39 is 0 Å². The Balaban J connectivity index is 1.71. The van der Waals surface area contributed by atoms with Crippen LogP contribution < -0.4 is 26.1 Å². The van der Waals surface area contributed by atoms with Crippen molar-refractivity contribution in [3.63, 3.8) is 0 Å². The zero-order chi connectivity index (χ0) is 19.7. The van der Waals surface area contributed by atoms with E-state index in [4.69, 9.17) is 0 Å². The predicted octanol–water partition coefficient (Wildman–Crippen LogP) is 1.10. The molecule has 6 aliphatic rings. The van der Waals surface area contributed by atoms with Gasteiger partial charge in [0.25, 0.3) is 11.8 Å². The van der Waals surface area contributed by atoms with E-state index in [9.17, 15) is 9.59 Å². The third kappa shape index (κ3) is 1.50. The third-order valence-corrected chi connectivity index (χ3v) is 7.54. The van der Waals surface area contributed by atoms with Gasteiger partial charge in [-0.3, -0.25) is 20.2 Å². The molecule has 146 valence electrons. The maximum absolute atomic E-state index is 13.1. The Hall–Kier alpha value is -3.38. The third-order valence-electron chi connectivity index (χ3n) is 7.54. The second-order valence-electron chi connectivity index (χ2n) is 8.84. The summed E-state index contributed by atoms with van der Waals surface area (Å²) in [5.41, 5.74) is 5.65. The van der Waals surface area contributed by atoms with E-state index in [1.165, 1.54) is 5.35 Å². The summed E-state index contributed by atoms with van der Waals surface area (Å²) in [5.74, 6) is -0.529. The smallest absolute Gasteiger partial charge is 0.259 e. The van der Waals surface area contributed by atoms with Crippen molar-refractivity contribution in [2.45, 2.75) is 37.6 Å². The molecule has 2 amide bonds. The molecular formula is C24H18N4O2. The van der Waals surface area contributed by atoms with Crippen LogP contribution in [0.25, 0.3) is 22.6 Å². The molecule has 2 N–H and O–H groups in total. The van der Waals surface area contributed by atoms with Crippen LogP contribution in [0.2, 0.25) is 0 Å². The van der Waals surface area contributed by atoms with Crippen LogP contribution in [-0.4, -0.2) is 28.6 Å². The zero-order valence-electron chi connectivity index (χ0n) is 16.1. The fraction of sp³-hybridized carbons (Fsp3) is 0.250. The molecule has 30 heavy (non-hydrogen) atoms. The van der Waals surface area contributed by atoms with Crippen molar-refractivity contribution >= 4 is 40.1 Å². The first-order valence-corrected chi connectivity index (χ1v) is 10.6. The topological polar surface area (TPSA) is 66.4 Å². The van der Waals surface area contributed by atoms with Crippen LogP contribution in [0, 0.1) is 0 Å². The van der Waals surface area contributed by atoms with E-state index in [2.05, 4.69) is 56.6 Å². The predicted molar refractivity (Wildman–Crippen MR) is 113 cm³/mol. The number of hydrogen-bond donors (Lipinski definition) is 2. The number of fused-ring (bicyclic) bond motifs is 12. The lowest BCUT2D eigenvalue weighted by molar-refractivity contribution is 0.0880. The molecule has 2 bridgehead atoms. The summed E-state index contributed by atoms with van der Waals surface area (Å²) < 4.78 is 2.41. The summed E-state index contributed by atoms with van der Waals surface area (Å²) >= 11 is 0. The Kier molecular flexibility index (Phi) is 2.50. The van der Waals surface area contributed by atoms with Gasteiger partial charge in [0.1, 0.15) is 0 Å². The van der Waals surface area contributed by atoms with Gasteiger partial charge in [-0.05, 0) is 36.5 Å². The number of carbonyl (C=O) groups is 2.